The highest BCUT2D eigenvalue weighted by Crippen LogP contribution is 2.32. The van der Waals surface area contributed by atoms with Crippen LogP contribution in [0.4, 0.5) is 18.9 Å². The summed E-state index contributed by atoms with van der Waals surface area (Å²) in [5.41, 5.74) is -1.21. The molecule has 0 radical (unpaired) electrons. The maximum absolute atomic E-state index is 13.3. The third-order valence-electron chi connectivity index (χ3n) is 5.76. The zero-order chi connectivity index (χ0) is 24.5. The van der Waals surface area contributed by atoms with Crippen LogP contribution < -0.4 is 10.5 Å². The largest absolute Gasteiger partial charge is 0.488 e. The van der Waals surface area contributed by atoms with Crippen molar-refractivity contribution in [1.29, 1.82) is 0 Å². The van der Waals surface area contributed by atoms with Crippen LogP contribution in [0.2, 0.25) is 0 Å². The van der Waals surface area contributed by atoms with Crippen molar-refractivity contribution in [3.8, 4) is 0 Å². The number of piperazine rings is 1. The number of carbonyl (C=O) groups excluding carboxylic acids is 2. The Balaban J connectivity index is 1.77. The Labute approximate surface area is 193 Å². The Hall–Kier alpha value is -3.50. The van der Waals surface area contributed by atoms with Gasteiger partial charge in [-0.3, -0.25) is 14.2 Å². The first-order valence-electron chi connectivity index (χ1n) is 11.0. The van der Waals surface area contributed by atoms with E-state index in [9.17, 15) is 27.6 Å². The molecule has 0 atom stereocenters. The maximum atomic E-state index is 13.3. The van der Waals surface area contributed by atoms with E-state index in [4.69, 9.17) is 9.47 Å². The second kappa shape index (κ2) is 9.40. The van der Waals surface area contributed by atoms with Crippen molar-refractivity contribution in [2.75, 3.05) is 44.3 Å². The molecule has 0 saturated carbocycles. The number of carbonyl (C=O) groups is 2. The van der Waals surface area contributed by atoms with E-state index in [-0.39, 0.29) is 36.8 Å². The lowest BCUT2D eigenvalue weighted by atomic mass is 10.1. The van der Waals surface area contributed by atoms with Crippen molar-refractivity contribution in [2.45, 2.75) is 26.1 Å². The molecule has 4 rings (SSSR count). The number of nitrogens with zero attached hydrogens (tertiary/aromatic N) is 3. The average Bonchev–Trinajstić information content (AvgIpc) is 3.34. The summed E-state index contributed by atoms with van der Waals surface area (Å²) < 4.78 is 50.8. The molecular weight excluding hydrogens is 455 g/mol. The molecule has 1 aromatic heterocycles. The zero-order valence-corrected chi connectivity index (χ0v) is 18.6. The number of fused-ring (bicyclic) bond motifs is 1. The molecule has 2 aromatic rings. The van der Waals surface area contributed by atoms with Crippen molar-refractivity contribution in [2.24, 2.45) is 0 Å². The maximum Gasteiger partial charge on any atom is 0.406 e. The fourth-order valence-electron chi connectivity index (χ4n) is 4.30. The molecule has 0 N–H and O–H groups in total. The van der Waals surface area contributed by atoms with Crippen LogP contribution in [-0.4, -0.2) is 66.9 Å². The van der Waals surface area contributed by atoms with Gasteiger partial charge in [-0.25, -0.2) is 4.79 Å². The molecule has 2 aliphatic heterocycles. The highest BCUT2D eigenvalue weighted by Gasteiger charge is 2.34. The number of hydrogen-bond acceptors (Lipinski definition) is 6. The molecule has 0 spiro atoms. The van der Waals surface area contributed by atoms with Crippen LogP contribution in [0.1, 0.15) is 23.7 Å². The Kier molecular flexibility index (Phi) is 6.54. The summed E-state index contributed by atoms with van der Waals surface area (Å²) in [7, 11) is 0. The van der Waals surface area contributed by atoms with Gasteiger partial charge in [-0.2, -0.15) is 13.2 Å². The monoisotopic (exact) mass is 479 g/mol. The molecule has 34 heavy (non-hydrogen) atoms. The molecule has 1 amide bonds. The highest BCUT2D eigenvalue weighted by molar-refractivity contribution is 6.05. The van der Waals surface area contributed by atoms with Gasteiger partial charge >= 0.3 is 12.1 Å². The molecule has 0 bridgehead atoms. The van der Waals surface area contributed by atoms with Gasteiger partial charge in [0.15, 0.2) is 5.76 Å². The lowest BCUT2D eigenvalue weighted by Gasteiger charge is -2.37. The third kappa shape index (κ3) is 4.59. The minimum absolute atomic E-state index is 0.0405. The van der Waals surface area contributed by atoms with Gasteiger partial charge in [0.05, 0.1) is 24.4 Å². The van der Waals surface area contributed by atoms with Crippen LogP contribution in [0.25, 0.3) is 10.9 Å². The predicted octanol–water partition coefficient (Wildman–Crippen LogP) is 2.69. The minimum Gasteiger partial charge on any atom is -0.488 e. The summed E-state index contributed by atoms with van der Waals surface area (Å²) in [5, 5.41) is 0.330. The van der Waals surface area contributed by atoms with Gasteiger partial charge in [-0.15, -0.1) is 0 Å². The second-order valence-electron chi connectivity index (χ2n) is 7.95. The number of alkyl halides is 3. The number of ether oxygens (including phenoxy) is 2. The average molecular weight is 479 g/mol. The van der Waals surface area contributed by atoms with E-state index in [2.05, 4.69) is 0 Å². The van der Waals surface area contributed by atoms with Gasteiger partial charge in [0.1, 0.15) is 12.1 Å². The number of aromatic nitrogens is 1. The summed E-state index contributed by atoms with van der Waals surface area (Å²) in [4.78, 5) is 42.0. The van der Waals surface area contributed by atoms with Crippen LogP contribution in [0.3, 0.4) is 0 Å². The fraction of sp³-hybridized carbons (Fsp3) is 0.435. The van der Waals surface area contributed by atoms with Crippen molar-refractivity contribution in [1.82, 2.24) is 9.47 Å². The first-order chi connectivity index (χ1) is 16.2. The fourth-order valence-corrected chi connectivity index (χ4v) is 4.30. The topological polar surface area (TPSA) is 81.1 Å². The number of benzene rings is 1. The Bertz CT molecular complexity index is 1200. The molecule has 1 saturated heterocycles. The number of amides is 1. The lowest BCUT2D eigenvalue weighted by molar-refractivity contribution is -0.140. The van der Waals surface area contributed by atoms with Gasteiger partial charge in [0.25, 0.3) is 11.5 Å². The van der Waals surface area contributed by atoms with Crippen molar-refractivity contribution < 1.29 is 32.2 Å². The summed E-state index contributed by atoms with van der Waals surface area (Å²) in [6, 6.07) is 6.17. The van der Waals surface area contributed by atoms with Crippen molar-refractivity contribution in [3.05, 3.63) is 52.0 Å². The zero-order valence-electron chi connectivity index (χ0n) is 18.6. The Morgan fingerprint density at radius 2 is 1.82 bits per heavy atom. The number of para-hydroxylation sites is 1. The van der Waals surface area contributed by atoms with Gasteiger partial charge in [0, 0.05) is 38.0 Å². The molecular formula is C23H24F3N3O5. The number of rotatable bonds is 5. The van der Waals surface area contributed by atoms with Crippen LogP contribution >= 0.6 is 0 Å². The molecule has 182 valence electrons. The Morgan fingerprint density at radius 3 is 2.44 bits per heavy atom. The normalized spacial score (nSPS) is 16.4. The number of anilines is 1. The smallest absolute Gasteiger partial charge is 0.406 e. The minimum atomic E-state index is -4.66. The molecule has 11 heteroatoms. The van der Waals surface area contributed by atoms with Crippen LogP contribution in [0.15, 0.2) is 40.9 Å². The molecule has 0 aliphatic carbocycles. The molecule has 8 nitrogen and oxygen atoms in total. The van der Waals surface area contributed by atoms with Crippen molar-refractivity contribution in [3.63, 3.8) is 0 Å². The summed E-state index contributed by atoms with van der Waals surface area (Å²) >= 11 is 0. The first kappa shape index (κ1) is 23.7. The Morgan fingerprint density at radius 1 is 1.12 bits per heavy atom. The van der Waals surface area contributed by atoms with E-state index in [1.807, 2.05) is 0 Å². The summed E-state index contributed by atoms with van der Waals surface area (Å²) in [6.07, 6.45) is -2.26. The highest BCUT2D eigenvalue weighted by atomic mass is 19.4. The van der Waals surface area contributed by atoms with E-state index in [0.717, 1.165) is 0 Å². The lowest BCUT2D eigenvalue weighted by Crippen LogP contribution is -2.50. The van der Waals surface area contributed by atoms with Crippen LogP contribution in [0, 0.1) is 0 Å². The number of esters is 1. The summed E-state index contributed by atoms with van der Waals surface area (Å²) in [5.74, 6) is -0.902. The van der Waals surface area contributed by atoms with E-state index >= 15 is 0 Å². The standard InChI is InChI=1S/C23H24F3N3O5/c1-2-33-22(32)18-19(27-9-11-28(12-10-27)20(30)17-8-5-13-34-17)15-6-3-4-7-16(15)29(21(18)31)14-23(24,25)26/h3-4,6-8H,2,5,9-14H2,1H3. The van der Waals surface area contributed by atoms with Gasteiger partial charge < -0.3 is 19.3 Å². The molecule has 2 aliphatic rings. The number of halogens is 3. The predicted molar refractivity (Wildman–Crippen MR) is 118 cm³/mol. The van der Waals surface area contributed by atoms with Gasteiger partial charge in [0.2, 0.25) is 0 Å². The van der Waals surface area contributed by atoms with E-state index in [0.29, 0.717) is 41.8 Å². The quantitative estimate of drug-likeness (QED) is 0.614. The summed E-state index contributed by atoms with van der Waals surface area (Å²) in [6.45, 7) is 1.58. The van der Waals surface area contributed by atoms with Gasteiger partial charge in [-0.1, -0.05) is 18.2 Å². The third-order valence-corrected chi connectivity index (χ3v) is 5.76. The van der Waals surface area contributed by atoms with Gasteiger partial charge in [-0.05, 0) is 19.1 Å². The van der Waals surface area contributed by atoms with E-state index < -0.39 is 29.8 Å². The SMILES string of the molecule is CCOC(=O)c1c(N2CCN(C(=O)C3=CCCO3)CC2)c2ccccc2n(CC(F)(F)F)c1=O. The van der Waals surface area contributed by atoms with Crippen molar-refractivity contribution >= 4 is 28.5 Å². The number of pyridine rings is 1. The molecule has 0 unspecified atom stereocenters. The second-order valence-corrected chi connectivity index (χ2v) is 7.95. The van der Waals surface area contributed by atoms with E-state index in [1.165, 1.54) is 12.1 Å². The number of hydrogen-bond donors (Lipinski definition) is 0. The molecule has 1 fully saturated rings. The van der Waals surface area contributed by atoms with Crippen LogP contribution in [-0.2, 0) is 20.8 Å². The first-order valence-corrected chi connectivity index (χ1v) is 11.0. The molecule has 3 heterocycles. The molecule has 1 aromatic carbocycles. The van der Waals surface area contributed by atoms with E-state index in [1.54, 1.807) is 34.9 Å². The van der Waals surface area contributed by atoms with Crippen LogP contribution in [0.5, 0.6) is 0 Å².